The minimum absolute atomic E-state index is 0.693. The standard InChI is InChI=1S/C15H32N2/c1-14(2)8-9-15(3)16-10-7-13-17-11-5-4-6-12-17/h14-16H,4-13H2,1-3H3. The van der Waals surface area contributed by atoms with Gasteiger partial charge < -0.3 is 10.2 Å². The Bertz CT molecular complexity index is 174. The summed E-state index contributed by atoms with van der Waals surface area (Å²) in [5.41, 5.74) is 0. The Kier molecular flexibility index (Phi) is 7.87. The van der Waals surface area contributed by atoms with Gasteiger partial charge in [0.1, 0.15) is 0 Å². The molecule has 0 spiro atoms. The van der Waals surface area contributed by atoms with Gasteiger partial charge in [0.05, 0.1) is 0 Å². The van der Waals surface area contributed by atoms with Gasteiger partial charge in [0.2, 0.25) is 0 Å². The second kappa shape index (κ2) is 8.93. The molecule has 0 aromatic rings. The van der Waals surface area contributed by atoms with E-state index in [-0.39, 0.29) is 0 Å². The first-order chi connectivity index (χ1) is 8.18. The first-order valence-electron chi connectivity index (χ1n) is 7.64. The van der Waals surface area contributed by atoms with E-state index in [1.807, 2.05) is 0 Å². The van der Waals surface area contributed by atoms with Gasteiger partial charge in [0.15, 0.2) is 0 Å². The van der Waals surface area contributed by atoms with Gasteiger partial charge in [-0.2, -0.15) is 0 Å². The largest absolute Gasteiger partial charge is 0.314 e. The highest BCUT2D eigenvalue weighted by Gasteiger charge is 2.09. The molecule has 1 aliphatic heterocycles. The molecule has 102 valence electrons. The SMILES string of the molecule is CC(C)CCC(C)NCCCN1CCCCC1. The number of nitrogens with zero attached hydrogens (tertiary/aromatic N) is 1. The molecule has 0 aromatic heterocycles. The topological polar surface area (TPSA) is 15.3 Å². The fourth-order valence-electron chi connectivity index (χ4n) is 2.52. The van der Waals surface area contributed by atoms with Crippen LogP contribution in [0.4, 0.5) is 0 Å². The lowest BCUT2D eigenvalue weighted by atomic mass is 10.0. The van der Waals surface area contributed by atoms with Gasteiger partial charge in [-0.15, -0.1) is 0 Å². The van der Waals surface area contributed by atoms with Gasteiger partial charge in [0, 0.05) is 6.04 Å². The molecule has 0 radical (unpaired) electrons. The highest BCUT2D eigenvalue weighted by molar-refractivity contribution is 4.66. The molecular formula is C15H32N2. The van der Waals surface area contributed by atoms with Crippen molar-refractivity contribution in [3.8, 4) is 0 Å². The maximum Gasteiger partial charge on any atom is 0.00388 e. The maximum absolute atomic E-state index is 3.65. The van der Waals surface area contributed by atoms with Crippen LogP contribution in [0, 0.1) is 5.92 Å². The number of hydrogen-bond donors (Lipinski definition) is 1. The Labute approximate surface area is 108 Å². The van der Waals surface area contributed by atoms with Gasteiger partial charge in [-0.25, -0.2) is 0 Å². The molecule has 17 heavy (non-hydrogen) atoms. The van der Waals surface area contributed by atoms with Crippen molar-refractivity contribution in [2.24, 2.45) is 5.92 Å². The third kappa shape index (κ3) is 7.77. The Morgan fingerprint density at radius 1 is 1.00 bits per heavy atom. The maximum atomic E-state index is 3.65. The third-order valence-electron chi connectivity index (χ3n) is 3.77. The van der Waals surface area contributed by atoms with E-state index in [4.69, 9.17) is 0 Å². The molecule has 1 saturated heterocycles. The molecule has 0 amide bonds. The summed E-state index contributed by atoms with van der Waals surface area (Å²) in [4.78, 5) is 2.63. The zero-order valence-electron chi connectivity index (χ0n) is 12.2. The van der Waals surface area contributed by atoms with Crippen LogP contribution in [0.15, 0.2) is 0 Å². The van der Waals surface area contributed by atoms with E-state index < -0.39 is 0 Å². The normalized spacial score (nSPS) is 19.8. The summed E-state index contributed by atoms with van der Waals surface area (Å²) < 4.78 is 0. The van der Waals surface area contributed by atoms with Crippen molar-refractivity contribution in [3.63, 3.8) is 0 Å². The smallest absolute Gasteiger partial charge is 0.00388 e. The molecule has 1 aliphatic rings. The van der Waals surface area contributed by atoms with Crippen LogP contribution in [0.5, 0.6) is 0 Å². The van der Waals surface area contributed by atoms with Gasteiger partial charge in [-0.3, -0.25) is 0 Å². The first-order valence-corrected chi connectivity index (χ1v) is 7.64. The fraction of sp³-hybridized carbons (Fsp3) is 1.00. The van der Waals surface area contributed by atoms with E-state index in [9.17, 15) is 0 Å². The summed E-state index contributed by atoms with van der Waals surface area (Å²) in [6.45, 7) is 12.1. The van der Waals surface area contributed by atoms with Crippen molar-refractivity contribution in [1.82, 2.24) is 10.2 Å². The molecule has 0 bridgehead atoms. The molecule has 1 rings (SSSR count). The average molecular weight is 240 g/mol. The number of hydrogen-bond acceptors (Lipinski definition) is 2. The van der Waals surface area contributed by atoms with Crippen LogP contribution >= 0.6 is 0 Å². The predicted octanol–water partition coefficient (Wildman–Crippen LogP) is 3.28. The number of nitrogens with one attached hydrogen (secondary N) is 1. The summed E-state index contributed by atoms with van der Waals surface area (Å²) in [7, 11) is 0. The quantitative estimate of drug-likeness (QED) is 0.655. The van der Waals surface area contributed by atoms with E-state index in [1.54, 1.807) is 0 Å². The van der Waals surface area contributed by atoms with Crippen molar-refractivity contribution in [2.75, 3.05) is 26.2 Å². The monoisotopic (exact) mass is 240 g/mol. The van der Waals surface area contributed by atoms with Crippen LogP contribution in [0.1, 0.15) is 59.3 Å². The summed E-state index contributed by atoms with van der Waals surface area (Å²) in [5.74, 6) is 0.840. The highest BCUT2D eigenvalue weighted by atomic mass is 15.1. The molecule has 1 heterocycles. The molecule has 2 nitrogen and oxygen atoms in total. The second-order valence-electron chi connectivity index (χ2n) is 6.08. The number of rotatable bonds is 8. The summed E-state index contributed by atoms with van der Waals surface area (Å²) in [6.07, 6.45) is 8.26. The number of piperidine rings is 1. The Morgan fingerprint density at radius 3 is 2.35 bits per heavy atom. The van der Waals surface area contributed by atoms with Crippen molar-refractivity contribution >= 4 is 0 Å². The molecule has 2 heteroatoms. The molecule has 1 fully saturated rings. The van der Waals surface area contributed by atoms with Crippen LogP contribution in [-0.4, -0.2) is 37.1 Å². The molecule has 1 atom stereocenters. The average Bonchev–Trinajstić information content (AvgIpc) is 2.33. The van der Waals surface area contributed by atoms with Crippen LogP contribution in [-0.2, 0) is 0 Å². The van der Waals surface area contributed by atoms with E-state index in [0.29, 0.717) is 6.04 Å². The van der Waals surface area contributed by atoms with Crippen molar-refractivity contribution in [1.29, 1.82) is 0 Å². The van der Waals surface area contributed by atoms with Crippen LogP contribution in [0.3, 0.4) is 0 Å². The van der Waals surface area contributed by atoms with E-state index in [0.717, 1.165) is 5.92 Å². The molecule has 1 unspecified atom stereocenters. The van der Waals surface area contributed by atoms with E-state index in [1.165, 1.54) is 64.7 Å². The minimum atomic E-state index is 0.693. The lowest BCUT2D eigenvalue weighted by molar-refractivity contribution is 0.224. The zero-order chi connectivity index (χ0) is 12.5. The number of likely N-dealkylation sites (tertiary alicyclic amines) is 1. The second-order valence-corrected chi connectivity index (χ2v) is 6.08. The highest BCUT2D eigenvalue weighted by Crippen LogP contribution is 2.09. The van der Waals surface area contributed by atoms with Gasteiger partial charge in [-0.1, -0.05) is 20.3 Å². The van der Waals surface area contributed by atoms with Crippen LogP contribution in [0.25, 0.3) is 0 Å². The van der Waals surface area contributed by atoms with Crippen molar-refractivity contribution in [3.05, 3.63) is 0 Å². The molecular weight excluding hydrogens is 208 g/mol. The van der Waals surface area contributed by atoms with Gasteiger partial charge in [0.25, 0.3) is 0 Å². The molecule has 0 aliphatic carbocycles. The van der Waals surface area contributed by atoms with Crippen molar-refractivity contribution < 1.29 is 0 Å². The Hall–Kier alpha value is -0.0800. The zero-order valence-corrected chi connectivity index (χ0v) is 12.2. The van der Waals surface area contributed by atoms with Gasteiger partial charge in [-0.05, 0) is 71.1 Å². The Balaban J connectivity index is 1.92. The van der Waals surface area contributed by atoms with E-state index >= 15 is 0 Å². The summed E-state index contributed by atoms with van der Waals surface area (Å²) >= 11 is 0. The van der Waals surface area contributed by atoms with E-state index in [2.05, 4.69) is 31.0 Å². The van der Waals surface area contributed by atoms with Crippen LogP contribution in [0.2, 0.25) is 0 Å². The first kappa shape index (κ1) is 15.0. The van der Waals surface area contributed by atoms with Gasteiger partial charge >= 0.3 is 0 Å². The fourth-order valence-corrected chi connectivity index (χ4v) is 2.52. The molecule has 0 aromatic carbocycles. The predicted molar refractivity (Wildman–Crippen MR) is 76.4 cm³/mol. The van der Waals surface area contributed by atoms with Crippen molar-refractivity contribution in [2.45, 2.75) is 65.3 Å². The Morgan fingerprint density at radius 2 is 1.71 bits per heavy atom. The summed E-state index contributed by atoms with van der Waals surface area (Å²) in [5, 5.41) is 3.65. The van der Waals surface area contributed by atoms with Crippen LogP contribution < -0.4 is 5.32 Å². The lowest BCUT2D eigenvalue weighted by Gasteiger charge is -2.26. The molecule has 0 saturated carbocycles. The molecule has 1 N–H and O–H groups in total. The lowest BCUT2D eigenvalue weighted by Crippen LogP contribution is -2.34. The third-order valence-corrected chi connectivity index (χ3v) is 3.77. The minimum Gasteiger partial charge on any atom is -0.314 e. The summed E-state index contributed by atoms with van der Waals surface area (Å²) in [6, 6.07) is 0.693.